The van der Waals surface area contributed by atoms with E-state index in [9.17, 15) is 13.6 Å². The maximum absolute atomic E-state index is 14.0. The van der Waals surface area contributed by atoms with Crippen molar-refractivity contribution < 1.29 is 13.6 Å². The molecule has 3 aromatic carbocycles. The molecule has 0 fully saturated rings. The van der Waals surface area contributed by atoms with Crippen LogP contribution in [-0.4, -0.2) is 25.4 Å². The molecule has 2 aromatic heterocycles. The van der Waals surface area contributed by atoms with Crippen molar-refractivity contribution in [1.29, 1.82) is 0 Å². The minimum Gasteiger partial charge on any atom is -0.330 e. The third kappa shape index (κ3) is 4.86. The van der Waals surface area contributed by atoms with Crippen molar-refractivity contribution in [3.8, 4) is 11.3 Å². The molecule has 5 rings (SSSR count). The van der Waals surface area contributed by atoms with Gasteiger partial charge in [0.05, 0.1) is 11.9 Å². The van der Waals surface area contributed by atoms with Crippen molar-refractivity contribution in [3.05, 3.63) is 125 Å². The molecule has 0 radical (unpaired) electrons. The summed E-state index contributed by atoms with van der Waals surface area (Å²) < 4.78 is 29.1. The number of carbonyl (C=O) groups is 1. The van der Waals surface area contributed by atoms with Crippen LogP contribution >= 0.6 is 0 Å². The number of carbonyl (C=O) groups excluding carboxylic acids is 1. The van der Waals surface area contributed by atoms with E-state index in [-0.39, 0.29) is 22.8 Å². The SMILES string of the molecule is Cc1ccc(-c2cc(C(F)F)n3ncc(C(=O)N(Cc4ccccc4)Cc4ccccc4)c3n2)cc1. The maximum atomic E-state index is 14.0. The van der Waals surface area contributed by atoms with Gasteiger partial charge < -0.3 is 4.90 Å². The minimum atomic E-state index is -2.78. The molecule has 0 aliphatic rings. The fourth-order valence-electron chi connectivity index (χ4n) is 4.14. The summed E-state index contributed by atoms with van der Waals surface area (Å²) in [6.45, 7) is 2.66. The first kappa shape index (κ1) is 23.4. The van der Waals surface area contributed by atoms with Crippen LogP contribution in [0.3, 0.4) is 0 Å². The van der Waals surface area contributed by atoms with Crippen LogP contribution in [0.15, 0.2) is 97.2 Å². The van der Waals surface area contributed by atoms with E-state index in [4.69, 9.17) is 0 Å². The van der Waals surface area contributed by atoms with Crippen molar-refractivity contribution in [3.63, 3.8) is 0 Å². The molecule has 0 saturated carbocycles. The van der Waals surface area contributed by atoms with E-state index in [1.165, 1.54) is 12.3 Å². The lowest BCUT2D eigenvalue weighted by Crippen LogP contribution is -2.30. The van der Waals surface area contributed by atoms with Gasteiger partial charge in [-0.1, -0.05) is 90.5 Å². The van der Waals surface area contributed by atoms with Gasteiger partial charge in [0.15, 0.2) is 5.65 Å². The molecule has 0 saturated heterocycles. The molecule has 0 atom stereocenters. The minimum absolute atomic E-state index is 0.111. The first-order valence-corrected chi connectivity index (χ1v) is 11.6. The Bertz CT molecular complexity index is 1440. The van der Waals surface area contributed by atoms with Gasteiger partial charge in [-0.05, 0) is 24.1 Å². The van der Waals surface area contributed by atoms with Crippen LogP contribution in [0, 0.1) is 6.92 Å². The van der Waals surface area contributed by atoms with Crippen molar-refractivity contribution >= 4 is 11.6 Å². The summed E-state index contributed by atoms with van der Waals surface area (Å²) >= 11 is 0. The summed E-state index contributed by atoms with van der Waals surface area (Å²) in [7, 11) is 0. The van der Waals surface area contributed by atoms with E-state index < -0.39 is 6.43 Å². The molecule has 5 nitrogen and oxygen atoms in total. The Kier molecular flexibility index (Phi) is 6.54. The largest absolute Gasteiger partial charge is 0.330 e. The Morgan fingerprint density at radius 2 is 1.47 bits per heavy atom. The lowest BCUT2D eigenvalue weighted by molar-refractivity contribution is 0.0731. The van der Waals surface area contributed by atoms with E-state index in [1.807, 2.05) is 91.9 Å². The molecule has 0 unspecified atom stereocenters. The van der Waals surface area contributed by atoms with Gasteiger partial charge in [0.2, 0.25) is 0 Å². The second-order valence-corrected chi connectivity index (χ2v) is 8.66. The van der Waals surface area contributed by atoms with Crippen LogP contribution < -0.4 is 0 Å². The molecular formula is C29H24F2N4O. The number of hydrogen-bond acceptors (Lipinski definition) is 3. The highest BCUT2D eigenvalue weighted by molar-refractivity contribution is 6.00. The van der Waals surface area contributed by atoms with Crippen molar-refractivity contribution in [1.82, 2.24) is 19.5 Å². The van der Waals surface area contributed by atoms with E-state index in [0.29, 0.717) is 24.3 Å². The van der Waals surface area contributed by atoms with Crippen LogP contribution in [-0.2, 0) is 13.1 Å². The molecule has 36 heavy (non-hydrogen) atoms. The molecule has 7 heteroatoms. The van der Waals surface area contributed by atoms with E-state index >= 15 is 0 Å². The number of hydrogen-bond donors (Lipinski definition) is 0. The van der Waals surface area contributed by atoms with Crippen LogP contribution in [0.1, 0.15) is 39.2 Å². The molecule has 180 valence electrons. The topological polar surface area (TPSA) is 50.5 Å². The highest BCUT2D eigenvalue weighted by atomic mass is 19.3. The first-order valence-electron chi connectivity index (χ1n) is 11.6. The fourth-order valence-corrected chi connectivity index (χ4v) is 4.14. The smallest absolute Gasteiger partial charge is 0.280 e. The van der Waals surface area contributed by atoms with E-state index in [2.05, 4.69) is 10.1 Å². The quantitative estimate of drug-likeness (QED) is 0.267. The summed E-state index contributed by atoms with van der Waals surface area (Å²) in [6.07, 6.45) is -1.45. The average molecular weight is 483 g/mol. The fraction of sp³-hybridized carbons (Fsp3) is 0.138. The zero-order valence-corrected chi connectivity index (χ0v) is 19.7. The lowest BCUT2D eigenvalue weighted by atomic mass is 10.1. The van der Waals surface area contributed by atoms with Crippen LogP contribution in [0.25, 0.3) is 16.9 Å². The molecular weight excluding hydrogens is 458 g/mol. The molecule has 0 N–H and O–H groups in total. The Labute approximate surface area is 207 Å². The number of alkyl halides is 2. The Hall–Kier alpha value is -4.39. The van der Waals surface area contributed by atoms with Crippen molar-refractivity contribution in [2.24, 2.45) is 0 Å². The third-order valence-electron chi connectivity index (χ3n) is 6.02. The van der Waals surface area contributed by atoms with Gasteiger partial charge in [0, 0.05) is 18.7 Å². The number of nitrogens with zero attached hydrogens (tertiary/aromatic N) is 4. The van der Waals surface area contributed by atoms with Gasteiger partial charge in [-0.15, -0.1) is 0 Å². The van der Waals surface area contributed by atoms with Gasteiger partial charge in [0.1, 0.15) is 11.3 Å². The Morgan fingerprint density at radius 1 is 0.889 bits per heavy atom. The van der Waals surface area contributed by atoms with E-state index in [0.717, 1.165) is 21.2 Å². The summed E-state index contributed by atoms with van der Waals surface area (Å²) in [5.74, 6) is -0.327. The Morgan fingerprint density at radius 3 is 2.03 bits per heavy atom. The van der Waals surface area contributed by atoms with Gasteiger partial charge >= 0.3 is 0 Å². The zero-order valence-electron chi connectivity index (χ0n) is 19.7. The zero-order chi connectivity index (χ0) is 25.1. The predicted molar refractivity (Wildman–Crippen MR) is 135 cm³/mol. The molecule has 5 aromatic rings. The number of aryl methyl sites for hydroxylation is 1. The summed E-state index contributed by atoms with van der Waals surface area (Å²) in [6, 6.07) is 28.1. The predicted octanol–water partition coefficient (Wildman–Crippen LogP) is 6.48. The molecule has 0 aliphatic carbocycles. The first-order chi connectivity index (χ1) is 17.5. The number of benzene rings is 3. The molecule has 2 heterocycles. The second kappa shape index (κ2) is 10.1. The van der Waals surface area contributed by atoms with Crippen LogP contribution in [0.5, 0.6) is 0 Å². The molecule has 0 aliphatic heterocycles. The normalized spacial score (nSPS) is 11.2. The summed E-state index contributed by atoms with van der Waals surface area (Å²) in [4.78, 5) is 20.1. The second-order valence-electron chi connectivity index (χ2n) is 8.66. The third-order valence-corrected chi connectivity index (χ3v) is 6.02. The lowest BCUT2D eigenvalue weighted by Gasteiger charge is -2.23. The molecule has 0 spiro atoms. The average Bonchev–Trinajstić information content (AvgIpc) is 3.33. The molecule has 0 bridgehead atoms. The van der Waals surface area contributed by atoms with Crippen molar-refractivity contribution in [2.75, 3.05) is 0 Å². The van der Waals surface area contributed by atoms with Gasteiger partial charge in [-0.2, -0.15) is 5.10 Å². The van der Waals surface area contributed by atoms with Crippen LogP contribution in [0.2, 0.25) is 0 Å². The summed E-state index contributed by atoms with van der Waals surface area (Å²) in [5, 5.41) is 4.13. The van der Waals surface area contributed by atoms with Crippen molar-refractivity contribution in [2.45, 2.75) is 26.4 Å². The molecule has 1 amide bonds. The van der Waals surface area contributed by atoms with E-state index in [1.54, 1.807) is 4.90 Å². The van der Waals surface area contributed by atoms with Gasteiger partial charge in [-0.25, -0.2) is 18.3 Å². The number of rotatable bonds is 7. The number of aromatic nitrogens is 3. The number of amides is 1. The Balaban J connectivity index is 1.59. The van der Waals surface area contributed by atoms with Gasteiger partial charge in [-0.3, -0.25) is 4.79 Å². The maximum Gasteiger partial charge on any atom is 0.280 e. The highest BCUT2D eigenvalue weighted by Crippen LogP contribution is 2.28. The highest BCUT2D eigenvalue weighted by Gasteiger charge is 2.25. The number of fused-ring (bicyclic) bond motifs is 1. The number of halogens is 2. The summed E-state index contributed by atoms with van der Waals surface area (Å²) in [5.41, 5.74) is 4.00. The van der Waals surface area contributed by atoms with Crippen LogP contribution in [0.4, 0.5) is 8.78 Å². The monoisotopic (exact) mass is 482 g/mol. The standard InChI is InChI=1S/C29H24F2N4O/c1-20-12-14-23(15-13-20)25-16-26(27(30)31)35-28(33-25)24(17-32-35)29(36)34(18-21-8-4-2-5-9-21)19-22-10-6-3-7-11-22/h2-17,27H,18-19H2,1H3. The van der Waals surface area contributed by atoms with Gasteiger partial charge in [0.25, 0.3) is 12.3 Å².